The Kier molecular flexibility index (Phi) is 9.49. The van der Waals surface area contributed by atoms with Crippen LogP contribution in [-0.4, -0.2) is 31.8 Å². The average Bonchev–Trinajstić information content (AvgIpc) is 3.18. The second kappa shape index (κ2) is 12.2. The predicted octanol–water partition coefficient (Wildman–Crippen LogP) is 4.32. The second-order valence-corrected chi connectivity index (χ2v) is 6.89. The molecule has 0 fully saturated rings. The number of nitrogens with one attached hydrogen (secondary N) is 2. The molecule has 0 saturated carbocycles. The van der Waals surface area contributed by atoms with Gasteiger partial charge in [0.2, 0.25) is 0 Å². The van der Waals surface area contributed by atoms with Crippen LogP contribution in [0.1, 0.15) is 51.0 Å². The third kappa shape index (κ3) is 8.78. The van der Waals surface area contributed by atoms with Gasteiger partial charge < -0.3 is 19.8 Å². The fourth-order valence-electron chi connectivity index (χ4n) is 2.67. The average molecular weight is 372 g/mol. The van der Waals surface area contributed by atoms with Crippen molar-refractivity contribution >= 4 is 5.96 Å². The molecule has 2 aromatic rings. The maximum atomic E-state index is 5.59. The molecule has 27 heavy (non-hydrogen) atoms. The minimum Gasteiger partial charge on any atom is -0.469 e. The van der Waals surface area contributed by atoms with Gasteiger partial charge in [-0.2, -0.15) is 0 Å². The number of hydrogen-bond acceptors (Lipinski definition) is 3. The first kappa shape index (κ1) is 21.0. The first-order chi connectivity index (χ1) is 13.1. The molecular formula is C22H33N3O2. The quantitative estimate of drug-likeness (QED) is 0.351. The number of benzene rings is 1. The zero-order valence-electron chi connectivity index (χ0n) is 16.8. The number of guanidine groups is 1. The van der Waals surface area contributed by atoms with Crippen molar-refractivity contribution in [2.24, 2.45) is 4.99 Å². The van der Waals surface area contributed by atoms with Crippen molar-refractivity contribution in [1.29, 1.82) is 0 Å². The topological polar surface area (TPSA) is 58.8 Å². The highest BCUT2D eigenvalue weighted by Gasteiger charge is 2.08. The molecule has 0 saturated heterocycles. The largest absolute Gasteiger partial charge is 0.469 e. The Morgan fingerprint density at radius 1 is 1.07 bits per heavy atom. The summed E-state index contributed by atoms with van der Waals surface area (Å²) in [5, 5.41) is 6.91. The molecule has 0 aliphatic carbocycles. The van der Waals surface area contributed by atoms with Crippen molar-refractivity contribution in [2.75, 3.05) is 19.7 Å². The molecule has 5 nitrogen and oxygen atoms in total. The van der Waals surface area contributed by atoms with Gasteiger partial charge in [0.25, 0.3) is 0 Å². The Hall–Kier alpha value is -2.27. The Labute approximate surface area is 163 Å². The molecule has 1 aromatic heterocycles. The summed E-state index contributed by atoms with van der Waals surface area (Å²) in [6, 6.07) is 14.5. The summed E-state index contributed by atoms with van der Waals surface area (Å²) < 4.78 is 11.0. The van der Waals surface area contributed by atoms with Crippen LogP contribution in [-0.2, 0) is 11.2 Å². The molecule has 0 amide bonds. The van der Waals surface area contributed by atoms with E-state index in [1.807, 2.05) is 18.2 Å². The summed E-state index contributed by atoms with van der Waals surface area (Å²) in [7, 11) is 0. The molecule has 2 N–H and O–H groups in total. The third-order valence-corrected chi connectivity index (χ3v) is 4.17. The predicted molar refractivity (Wildman–Crippen MR) is 111 cm³/mol. The third-order valence-electron chi connectivity index (χ3n) is 4.17. The van der Waals surface area contributed by atoms with Gasteiger partial charge in [0, 0.05) is 26.1 Å². The highest BCUT2D eigenvalue weighted by molar-refractivity contribution is 5.80. The lowest BCUT2D eigenvalue weighted by Crippen LogP contribution is -2.39. The lowest BCUT2D eigenvalue weighted by molar-refractivity contribution is 0.0763. The lowest BCUT2D eigenvalue weighted by atomic mass is 10.1. The van der Waals surface area contributed by atoms with Crippen molar-refractivity contribution in [3.8, 4) is 0 Å². The highest BCUT2D eigenvalue weighted by Crippen LogP contribution is 2.10. The molecule has 1 unspecified atom stereocenters. The fraction of sp³-hybridized carbons (Fsp3) is 0.500. The minimum absolute atomic E-state index is 0.185. The van der Waals surface area contributed by atoms with Crippen LogP contribution in [0.4, 0.5) is 0 Å². The van der Waals surface area contributed by atoms with Gasteiger partial charge >= 0.3 is 0 Å². The first-order valence-electron chi connectivity index (χ1n) is 9.89. The number of rotatable bonds is 11. The molecule has 2 rings (SSSR count). The maximum absolute atomic E-state index is 5.59. The smallest absolute Gasteiger partial charge is 0.191 e. The fourth-order valence-corrected chi connectivity index (χ4v) is 2.67. The zero-order valence-corrected chi connectivity index (χ0v) is 16.8. The SMILES string of the molecule is CC(C)OCCCCN=C(NCCc1ccco1)NC(C)c1ccccc1. The van der Waals surface area contributed by atoms with Crippen LogP contribution in [0.5, 0.6) is 0 Å². The molecule has 1 atom stereocenters. The number of furan rings is 1. The van der Waals surface area contributed by atoms with Crippen molar-refractivity contribution in [1.82, 2.24) is 10.6 Å². The van der Waals surface area contributed by atoms with Crippen LogP contribution in [0.2, 0.25) is 0 Å². The van der Waals surface area contributed by atoms with E-state index < -0.39 is 0 Å². The van der Waals surface area contributed by atoms with E-state index in [9.17, 15) is 0 Å². The van der Waals surface area contributed by atoms with Crippen LogP contribution >= 0.6 is 0 Å². The van der Waals surface area contributed by atoms with Crippen LogP contribution in [0.25, 0.3) is 0 Å². The number of unbranched alkanes of at least 4 members (excludes halogenated alkanes) is 1. The monoisotopic (exact) mass is 371 g/mol. The van der Waals surface area contributed by atoms with E-state index in [2.05, 4.69) is 55.7 Å². The summed E-state index contributed by atoms with van der Waals surface area (Å²) >= 11 is 0. The molecular weight excluding hydrogens is 338 g/mol. The molecule has 0 aliphatic heterocycles. The summed E-state index contributed by atoms with van der Waals surface area (Å²) in [5.41, 5.74) is 1.24. The normalized spacial score (nSPS) is 13.0. The van der Waals surface area contributed by atoms with E-state index in [0.717, 1.165) is 50.7 Å². The van der Waals surface area contributed by atoms with Crippen LogP contribution in [0.15, 0.2) is 58.1 Å². The first-order valence-corrected chi connectivity index (χ1v) is 9.89. The van der Waals surface area contributed by atoms with E-state index in [4.69, 9.17) is 14.1 Å². The zero-order chi connectivity index (χ0) is 19.3. The van der Waals surface area contributed by atoms with E-state index >= 15 is 0 Å². The molecule has 148 valence electrons. The van der Waals surface area contributed by atoms with Crippen LogP contribution in [0, 0.1) is 0 Å². The highest BCUT2D eigenvalue weighted by atomic mass is 16.5. The number of hydrogen-bond donors (Lipinski definition) is 2. The molecule has 1 heterocycles. The van der Waals surface area contributed by atoms with Crippen LogP contribution in [0.3, 0.4) is 0 Å². The molecule has 1 aromatic carbocycles. The van der Waals surface area contributed by atoms with Gasteiger partial charge in [-0.15, -0.1) is 0 Å². The van der Waals surface area contributed by atoms with Crippen LogP contribution < -0.4 is 10.6 Å². The summed E-state index contributed by atoms with van der Waals surface area (Å²) in [6.45, 7) is 8.62. The number of nitrogens with zero attached hydrogens (tertiary/aromatic N) is 1. The number of ether oxygens (including phenoxy) is 1. The van der Waals surface area contributed by atoms with E-state index in [1.54, 1.807) is 6.26 Å². The van der Waals surface area contributed by atoms with Crippen molar-refractivity contribution in [3.63, 3.8) is 0 Å². The lowest BCUT2D eigenvalue weighted by Gasteiger charge is -2.18. The minimum atomic E-state index is 0.185. The van der Waals surface area contributed by atoms with E-state index in [1.165, 1.54) is 5.56 Å². The molecule has 0 bridgehead atoms. The van der Waals surface area contributed by atoms with Gasteiger partial charge in [0.15, 0.2) is 5.96 Å². The van der Waals surface area contributed by atoms with E-state index in [0.29, 0.717) is 6.10 Å². The molecule has 0 radical (unpaired) electrons. The van der Waals surface area contributed by atoms with Gasteiger partial charge in [-0.1, -0.05) is 30.3 Å². The van der Waals surface area contributed by atoms with Crippen molar-refractivity contribution in [2.45, 2.75) is 52.2 Å². The van der Waals surface area contributed by atoms with Gasteiger partial charge in [0.05, 0.1) is 18.4 Å². The number of aliphatic imine (C=N–C) groups is 1. The Morgan fingerprint density at radius 2 is 1.89 bits per heavy atom. The van der Waals surface area contributed by atoms with E-state index in [-0.39, 0.29) is 6.04 Å². The van der Waals surface area contributed by atoms with Crippen molar-refractivity contribution < 1.29 is 9.15 Å². The summed E-state index contributed by atoms with van der Waals surface area (Å²) in [5.74, 6) is 1.81. The maximum Gasteiger partial charge on any atom is 0.191 e. The Morgan fingerprint density at radius 3 is 2.59 bits per heavy atom. The molecule has 5 heteroatoms. The summed E-state index contributed by atoms with van der Waals surface area (Å²) in [4.78, 5) is 4.73. The molecule has 0 aliphatic rings. The summed E-state index contributed by atoms with van der Waals surface area (Å²) in [6.07, 6.45) is 4.86. The Balaban J connectivity index is 1.83. The van der Waals surface area contributed by atoms with Gasteiger partial charge in [-0.05, 0) is 51.3 Å². The second-order valence-electron chi connectivity index (χ2n) is 6.89. The van der Waals surface area contributed by atoms with Gasteiger partial charge in [-0.3, -0.25) is 4.99 Å². The van der Waals surface area contributed by atoms with Gasteiger partial charge in [0.1, 0.15) is 5.76 Å². The Bertz CT molecular complexity index is 639. The van der Waals surface area contributed by atoms with Gasteiger partial charge in [-0.25, -0.2) is 0 Å². The standard InChI is InChI=1S/C22H33N3O2/c1-18(2)26-16-8-7-14-23-22(24-15-13-21-12-9-17-27-21)25-19(3)20-10-5-4-6-11-20/h4-6,9-12,17-19H,7-8,13-16H2,1-3H3,(H2,23,24,25). The molecule has 0 spiro atoms. The van der Waals surface area contributed by atoms with Crippen molar-refractivity contribution in [3.05, 3.63) is 60.1 Å².